The highest BCUT2D eigenvalue weighted by atomic mass is 32.2. The Morgan fingerprint density at radius 3 is 2.48 bits per heavy atom. The number of piperazine rings is 1. The zero-order chi connectivity index (χ0) is 29.7. The number of hydrogen-bond donors (Lipinski definition) is 1. The molecule has 3 aromatic carbocycles. The van der Waals surface area contributed by atoms with Crippen LogP contribution in [0.2, 0.25) is 0 Å². The fraction of sp³-hybridized carbons (Fsp3) is 0.367. The van der Waals surface area contributed by atoms with Gasteiger partial charge >= 0.3 is 6.09 Å². The first-order chi connectivity index (χ1) is 20.2. The summed E-state index contributed by atoms with van der Waals surface area (Å²) in [6.07, 6.45) is 2.53. The van der Waals surface area contributed by atoms with Crippen molar-refractivity contribution in [1.82, 2.24) is 14.9 Å². The van der Waals surface area contributed by atoms with Crippen molar-refractivity contribution in [2.45, 2.75) is 43.4 Å². The van der Waals surface area contributed by atoms with E-state index in [1.807, 2.05) is 4.90 Å². The summed E-state index contributed by atoms with van der Waals surface area (Å²) in [6.45, 7) is 2.42. The molecule has 2 aliphatic rings. The van der Waals surface area contributed by atoms with Crippen molar-refractivity contribution < 1.29 is 32.5 Å². The highest BCUT2D eigenvalue weighted by molar-refractivity contribution is 7.98. The molecule has 1 N–H and O–H groups in total. The Morgan fingerprint density at radius 2 is 1.83 bits per heavy atom. The third-order valence-electron chi connectivity index (χ3n) is 8.14. The van der Waals surface area contributed by atoms with Gasteiger partial charge in [0.05, 0.1) is 17.6 Å². The Balaban J connectivity index is 1.57. The molecule has 0 aliphatic carbocycles. The molecule has 0 saturated carbocycles. The highest BCUT2D eigenvalue weighted by Gasteiger charge is 2.43. The van der Waals surface area contributed by atoms with Crippen molar-refractivity contribution in [1.29, 1.82) is 0 Å². The second kappa shape index (κ2) is 11.1. The maximum atomic E-state index is 16.7. The number of carbonyl (C=O) groups is 1. The van der Waals surface area contributed by atoms with E-state index >= 15 is 8.78 Å². The van der Waals surface area contributed by atoms with E-state index in [0.29, 0.717) is 65.4 Å². The number of hydrogen-bond acceptors (Lipinski definition) is 7. The minimum atomic E-state index is -0.965. The molecule has 2 atom stereocenters. The van der Waals surface area contributed by atoms with Gasteiger partial charge in [-0.05, 0) is 71.7 Å². The van der Waals surface area contributed by atoms with Crippen LogP contribution in [-0.2, 0) is 11.2 Å². The molecule has 6 rings (SSSR count). The fourth-order valence-corrected chi connectivity index (χ4v) is 6.73. The van der Waals surface area contributed by atoms with Crippen LogP contribution in [0.1, 0.15) is 25.3 Å². The third-order valence-corrected chi connectivity index (χ3v) is 8.68. The van der Waals surface area contributed by atoms with Crippen molar-refractivity contribution in [2.24, 2.45) is 0 Å². The summed E-state index contributed by atoms with van der Waals surface area (Å²) in [5.41, 5.74) is 0.0631. The summed E-state index contributed by atoms with van der Waals surface area (Å²) < 4.78 is 58.5. The molecule has 2 saturated heterocycles. The minimum Gasteiger partial charge on any atom is -0.468 e. The molecule has 220 valence electrons. The van der Waals surface area contributed by atoms with E-state index in [4.69, 9.17) is 9.47 Å². The quantitative estimate of drug-likeness (QED) is 0.147. The van der Waals surface area contributed by atoms with Crippen molar-refractivity contribution >= 4 is 45.3 Å². The number of benzene rings is 3. The van der Waals surface area contributed by atoms with Gasteiger partial charge < -0.3 is 19.5 Å². The van der Waals surface area contributed by atoms with E-state index in [-0.39, 0.29) is 40.9 Å². The summed E-state index contributed by atoms with van der Waals surface area (Å²) in [5, 5.41) is 11.1. The lowest BCUT2D eigenvalue weighted by Crippen LogP contribution is -2.55. The molecular formula is C30H29F3N4O4S. The second-order valence-electron chi connectivity index (χ2n) is 10.5. The predicted octanol–water partition coefficient (Wildman–Crippen LogP) is 6.47. The molecule has 2 aliphatic heterocycles. The number of fused-ring (bicyclic) bond motifs is 4. The molecule has 0 radical (unpaired) electrons. The summed E-state index contributed by atoms with van der Waals surface area (Å²) in [4.78, 5) is 24.3. The van der Waals surface area contributed by atoms with Crippen LogP contribution in [0.15, 0.2) is 35.5 Å². The number of amides is 1. The lowest BCUT2D eigenvalue weighted by atomic mass is 9.91. The highest BCUT2D eigenvalue weighted by Crippen LogP contribution is 2.43. The molecule has 2 fully saturated rings. The first kappa shape index (κ1) is 28.4. The number of aromatic nitrogens is 2. The molecule has 42 heavy (non-hydrogen) atoms. The van der Waals surface area contributed by atoms with Crippen LogP contribution in [0.3, 0.4) is 0 Å². The number of nitrogens with zero attached hydrogens (tertiary/aromatic N) is 4. The SMILES string of the molecule is CCc1c(F)ccc2cc(OCOC)cc(-c3c(F)cc4c(N5CC6CCC(C5)N6C(=O)O)nc(SC)nc4c3F)c12. The summed E-state index contributed by atoms with van der Waals surface area (Å²) >= 11 is 1.22. The van der Waals surface area contributed by atoms with Crippen LogP contribution in [0.4, 0.5) is 23.8 Å². The summed E-state index contributed by atoms with van der Waals surface area (Å²) in [5.74, 6) is -1.55. The smallest absolute Gasteiger partial charge is 0.407 e. The van der Waals surface area contributed by atoms with Gasteiger partial charge in [0.15, 0.2) is 17.8 Å². The van der Waals surface area contributed by atoms with Crippen molar-refractivity contribution in [2.75, 3.05) is 38.1 Å². The van der Waals surface area contributed by atoms with Crippen LogP contribution in [0, 0.1) is 17.5 Å². The normalized spacial score (nSPS) is 18.3. The molecule has 8 nitrogen and oxygen atoms in total. The Morgan fingerprint density at radius 1 is 1.10 bits per heavy atom. The Labute approximate surface area is 244 Å². The topological polar surface area (TPSA) is 88.0 Å². The van der Waals surface area contributed by atoms with Gasteiger partial charge in [-0.25, -0.2) is 27.9 Å². The molecule has 3 heterocycles. The number of carboxylic acid groups (broad SMARTS) is 1. The maximum Gasteiger partial charge on any atom is 0.407 e. The molecule has 1 aromatic heterocycles. The third kappa shape index (κ3) is 4.66. The maximum absolute atomic E-state index is 16.7. The zero-order valence-electron chi connectivity index (χ0n) is 23.3. The lowest BCUT2D eigenvalue weighted by molar-refractivity contribution is 0.0512. The van der Waals surface area contributed by atoms with Crippen molar-refractivity contribution in [3.8, 4) is 16.9 Å². The van der Waals surface area contributed by atoms with Crippen molar-refractivity contribution in [3.05, 3.63) is 53.3 Å². The standard InChI is InChI=1S/C30H29F3N4O4S/c1-4-19-22(31)8-5-15-9-18(41-14-40-2)10-20(24(15)19)25-23(32)11-21-27(26(25)33)34-29(42-3)35-28(21)36-12-16-6-7-17(13-36)37(16)30(38)39/h5,8-11,16-17H,4,6-7,12-14H2,1-3H3,(H,38,39). The average molecular weight is 599 g/mol. The van der Waals surface area contributed by atoms with E-state index < -0.39 is 23.5 Å². The van der Waals surface area contributed by atoms with Gasteiger partial charge in [0.25, 0.3) is 0 Å². The first-order valence-corrected chi connectivity index (χ1v) is 14.8. The van der Waals surface area contributed by atoms with Crippen LogP contribution >= 0.6 is 11.8 Å². The molecule has 1 amide bonds. The fourth-order valence-electron chi connectivity index (χ4n) is 6.37. The van der Waals surface area contributed by atoms with Gasteiger partial charge in [0.1, 0.15) is 28.7 Å². The van der Waals surface area contributed by atoms with Crippen LogP contribution in [-0.4, -0.2) is 71.4 Å². The minimum absolute atomic E-state index is 0.0698. The van der Waals surface area contributed by atoms with Crippen molar-refractivity contribution in [3.63, 3.8) is 0 Å². The number of rotatable bonds is 7. The molecular weight excluding hydrogens is 569 g/mol. The van der Waals surface area contributed by atoms with Gasteiger partial charge in [0.2, 0.25) is 0 Å². The van der Waals surface area contributed by atoms with Gasteiger partial charge in [0, 0.05) is 25.6 Å². The number of halogens is 3. The molecule has 2 unspecified atom stereocenters. The number of anilines is 1. The summed E-state index contributed by atoms with van der Waals surface area (Å²) in [6, 6.07) is 6.82. The van der Waals surface area contributed by atoms with Gasteiger partial charge in [-0.15, -0.1) is 0 Å². The molecule has 12 heteroatoms. The molecule has 2 bridgehead atoms. The van der Waals surface area contributed by atoms with E-state index in [2.05, 4.69) is 9.97 Å². The Hall–Kier alpha value is -3.77. The summed E-state index contributed by atoms with van der Waals surface area (Å²) in [7, 11) is 1.46. The largest absolute Gasteiger partial charge is 0.468 e. The average Bonchev–Trinajstić information content (AvgIpc) is 3.25. The molecule has 4 aromatic rings. The van der Waals surface area contributed by atoms with E-state index in [0.717, 1.165) is 0 Å². The lowest BCUT2D eigenvalue weighted by Gasteiger charge is -2.40. The van der Waals surface area contributed by atoms with E-state index in [1.54, 1.807) is 25.3 Å². The van der Waals surface area contributed by atoms with Gasteiger partial charge in [-0.2, -0.15) is 0 Å². The van der Waals surface area contributed by atoms with Gasteiger partial charge in [-0.3, -0.25) is 4.90 Å². The number of methoxy groups -OCH3 is 1. The Kier molecular flexibility index (Phi) is 7.52. The van der Waals surface area contributed by atoms with Crippen LogP contribution in [0.25, 0.3) is 32.8 Å². The van der Waals surface area contributed by atoms with Crippen LogP contribution in [0.5, 0.6) is 5.75 Å². The van der Waals surface area contributed by atoms with E-state index in [1.165, 1.54) is 42.0 Å². The van der Waals surface area contributed by atoms with E-state index in [9.17, 15) is 14.3 Å². The predicted molar refractivity (Wildman–Crippen MR) is 155 cm³/mol. The molecule has 0 spiro atoms. The van der Waals surface area contributed by atoms with Crippen LogP contribution < -0.4 is 9.64 Å². The number of thioether (sulfide) groups is 1. The Bertz CT molecular complexity index is 1710. The number of ether oxygens (including phenoxy) is 2. The first-order valence-electron chi connectivity index (χ1n) is 13.6. The monoisotopic (exact) mass is 598 g/mol. The second-order valence-corrected chi connectivity index (χ2v) is 11.2. The van der Waals surface area contributed by atoms with Gasteiger partial charge in [-0.1, -0.05) is 24.8 Å². The number of aryl methyl sites for hydroxylation is 1. The zero-order valence-corrected chi connectivity index (χ0v) is 24.1.